The van der Waals surface area contributed by atoms with Crippen LogP contribution in [0.15, 0.2) is 36.4 Å². The molecule has 4 aliphatic rings. The van der Waals surface area contributed by atoms with Crippen molar-refractivity contribution in [2.45, 2.75) is 95.2 Å². The molecule has 8 nitrogen and oxygen atoms in total. The smallest absolute Gasteiger partial charge is 0.263 e. The number of anilines is 1. The van der Waals surface area contributed by atoms with Gasteiger partial charge in [0.25, 0.3) is 5.91 Å². The molecule has 8 atom stereocenters. The molecular weight excluding hydrogens is 646 g/mol. The lowest BCUT2D eigenvalue weighted by atomic mass is 9.69. The van der Waals surface area contributed by atoms with Crippen molar-refractivity contribution < 1.29 is 23.2 Å². The quantitative estimate of drug-likeness (QED) is 0.263. The van der Waals surface area contributed by atoms with E-state index in [-0.39, 0.29) is 34.9 Å². The molecule has 1 amide bonds. The maximum atomic E-state index is 13.5. The zero-order valence-electron chi connectivity index (χ0n) is 29.3. The molecule has 2 aromatic rings. The van der Waals surface area contributed by atoms with E-state index in [9.17, 15) is 9.00 Å². The molecule has 1 saturated carbocycles. The molecule has 1 spiro atoms. The summed E-state index contributed by atoms with van der Waals surface area (Å²) in [6, 6.07) is 12.0. The zero-order valence-corrected chi connectivity index (χ0v) is 30.9. The van der Waals surface area contributed by atoms with Gasteiger partial charge in [0.05, 0.1) is 30.3 Å². The van der Waals surface area contributed by atoms with Crippen LogP contribution in [0.4, 0.5) is 5.69 Å². The summed E-state index contributed by atoms with van der Waals surface area (Å²) < 4.78 is 35.0. The molecule has 2 fully saturated rings. The lowest BCUT2D eigenvalue weighted by molar-refractivity contribution is -0.0867. The summed E-state index contributed by atoms with van der Waals surface area (Å²) in [6.45, 7) is 9.92. The number of nitrogens with one attached hydrogen (secondary N) is 1. The van der Waals surface area contributed by atoms with Crippen molar-refractivity contribution in [1.29, 1.82) is 0 Å². The van der Waals surface area contributed by atoms with E-state index < -0.39 is 11.0 Å². The van der Waals surface area contributed by atoms with Crippen molar-refractivity contribution in [2.75, 3.05) is 51.8 Å². The van der Waals surface area contributed by atoms with Crippen LogP contribution in [0.1, 0.15) is 87.2 Å². The SMILES string of the molecule is CCCC(C)C(C)S(=O)NC(=O)c1ccc2c(c1)N(CC1CCC1CC1OCC(CN(C)C)O1)C[C@@]1(CCCc3cc(Cl)ccc31)CO2. The predicted molar refractivity (Wildman–Crippen MR) is 193 cm³/mol. The third-order valence-corrected chi connectivity index (χ3v) is 13.0. The molecule has 6 rings (SSSR count). The van der Waals surface area contributed by atoms with Crippen LogP contribution in [0, 0.1) is 17.8 Å². The van der Waals surface area contributed by atoms with Gasteiger partial charge in [-0.3, -0.25) is 9.52 Å². The van der Waals surface area contributed by atoms with E-state index in [1.54, 1.807) is 6.07 Å². The van der Waals surface area contributed by atoms with Crippen LogP contribution in [0.2, 0.25) is 5.02 Å². The van der Waals surface area contributed by atoms with Crippen molar-refractivity contribution in [1.82, 2.24) is 9.62 Å². The van der Waals surface area contributed by atoms with Crippen LogP contribution in [0.25, 0.3) is 0 Å². The summed E-state index contributed by atoms with van der Waals surface area (Å²) in [7, 11) is 2.66. The van der Waals surface area contributed by atoms with Gasteiger partial charge in [0, 0.05) is 42.1 Å². The largest absolute Gasteiger partial charge is 0.490 e. The fourth-order valence-electron chi connectivity index (χ4n) is 8.25. The fourth-order valence-corrected chi connectivity index (χ4v) is 9.49. The first kappa shape index (κ1) is 35.6. The first-order valence-corrected chi connectivity index (χ1v) is 19.6. The average molecular weight is 700 g/mol. The number of hydrogen-bond donors (Lipinski definition) is 1. The third-order valence-electron chi connectivity index (χ3n) is 11.3. The number of carbonyl (C=O) groups is 1. The van der Waals surface area contributed by atoms with Gasteiger partial charge in [-0.05, 0) is 119 Å². The highest BCUT2D eigenvalue weighted by Crippen LogP contribution is 2.47. The van der Waals surface area contributed by atoms with Crippen molar-refractivity contribution in [3.05, 3.63) is 58.1 Å². The molecule has 48 heavy (non-hydrogen) atoms. The Kier molecular flexibility index (Phi) is 11.4. The molecule has 2 heterocycles. The molecule has 0 radical (unpaired) electrons. The van der Waals surface area contributed by atoms with Gasteiger partial charge in [0.2, 0.25) is 0 Å². The van der Waals surface area contributed by atoms with Crippen molar-refractivity contribution in [3.63, 3.8) is 0 Å². The lowest BCUT2D eigenvalue weighted by Crippen LogP contribution is -2.48. The molecule has 2 aliphatic heterocycles. The van der Waals surface area contributed by atoms with Crippen LogP contribution in [-0.2, 0) is 32.3 Å². The summed E-state index contributed by atoms with van der Waals surface area (Å²) in [6.07, 6.45) is 8.30. The predicted octanol–water partition coefficient (Wildman–Crippen LogP) is 6.75. The molecule has 0 aromatic heterocycles. The van der Waals surface area contributed by atoms with Crippen molar-refractivity contribution >= 4 is 34.2 Å². The summed E-state index contributed by atoms with van der Waals surface area (Å²) in [5, 5.41) is 0.643. The first-order chi connectivity index (χ1) is 23.0. The van der Waals surface area contributed by atoms with Crippen LogP contribution < -0.4 is 14.4 Å². The maximum Gasteiger partial charge on any atom is 0.263 e. The van der Waals surface area contributed by atoms with Gasteiger partial charge in [-0.25, -0.2) is 4.21 Å². The summed E-state index contributed by atoms with van der Waals surface area (Å²) >= 11 is 6.46. The molecule has 264 valence electrons. The fraction of sp³-hybridized carbons (Fsp3) is 0.658. The van der Waals surface area contributed by atoms with E-state index in [1.165, 1.54) is 17.5 Å². The minimum Gasteiger partial charge on any atom is -0.490 e. The Bertz CT molecular complexity index is 1470. The van der Waals surface area contributed by atoms with E-state index in [0.717, 1.165) is 81.0 Å². The minimum absolute atomic E-state index is 0.120. The van der Waals surface area contributed by atoms with E-state index >= 15 is 0 Å². The Morgan fingerprint density at radius 1 is 1.17 bits per heavy atom. The number of fused-ring (bicyclic) bond motifs is 3. The topological polar surface area (TPSA) is 80.3 Å². The number of halogens is 1. The highest BCUT2D eigenvalue weighted by atomic mass is 35.5. The number of benzene rings is 2. The first-order valence-electron chi connectivity index (χ1n) is 18.0. The van der Waals surface area contributed by atoms with Gasteiger partial charge >= 0.3 is 0 Å². The standard InChI is InChI=1S/C38H54ClN3O5S/c1-6-8-25(2)26(3)48(44)40-37(43)29-12-15-35-34(18-29)42(20-30-11-10-27(30)19-36-45-22-32(47-36)21-41(4)5)23-38(24-46-35)16-7-9-28-17-31(39)13-14-33(28)38/h12-15,17-18,25-27,30,32,36H,6-11,16,19-24H2,1-5H3,(H,40,43)/t25?,26?,27?,30?,32?,36?,38-,48?/m0/s1. The number of carbonyl (C=O) groups excluding carboxylic acids is 1. The summed E-state index contributed by atoms with van der Waals surface area (Å²) in [5.74, 6) is 1.72. The molecule has 1 N–H and O–H groups in total. The van der Waals surface area contributed by atoms with Gasteiger partial charge in [-0.15, -0.1) is 0 Å². The highest BCUT2D eigenvalue weighted by Gasteiger charge is 2.44. The Labute approximate surface area is 294 Å². The van der Waals surface area contributed by atoms with Crippen molar-refractivity contribution in [3.8, 4) is 5.75 Å². The van der Waals surface area contributed by atoms with Crippen LogP contribution >= 0.6 is 11.6 Å². The third kappa shape index (κ3) is 7.91. The molecule has 0 bridgehead atoms. The number of aryl methyl sites for hydroxylation is 1. The van der Waals surface area contributed by atoms with Gasteiger partial charge in [-0.2, -0.15) is 0 Å². The van der Waals surface area contributed by atoms with Gasteiger partial charge < -0.3 is 24.0 Å². The van der Waals surface area contributed by atoms with Crippen molar-refractivity contribution in [2.24, 2.45) is 17.8 Å². The number of ether oxygens (including phenoxy) is 3. The van der Waals surface area contributed by atoms with Gasteiger partial charge in [-0.1, -0.05) is 37.9 Å². The summed E-state index contributed by atoms with van der Waals surface area (Å²) in [4.78, 5) is 18.2. The van der Waals surface area contributed by atoms with E-state index in [4.69, 9.17) is 25.8 Å². The maximum absolute atomic E-state index is 13.5. The normalized spacial score (nSPS) is 28.5. The number of nitrogens with zero attached hydrogens (tertiary/aromatic N) is 2. The van der Waals surface area contributed by atoms with E-state index in [2.05, 4.69) is 54.6 Å². The zero-order chi connectivity index (χ0) is 34.0. The number of likely N-dealkylation sites (N-methyl/N-ethyl adjacent to an activating group) is 1. The Hall–Kier alpha value is -2.17. The Balaban J connectivity index is 1.25. The Morgan fingerprint density at radius 2 is 1.98 bits per heavy atom. The van der Waals surface area contributed by atoms with Gasteiger partial charge in [0.15, 0.2) is 6.29 Å². The molecule has 2 aromatic carbocycles. The second kappa shape index (κ2) is 15.4. The molecule has 7 unspecified atom stereocenters. The second-order valence-corrected chi connectivity index (χ2v) is 17.1. The van der Waals surface area contributed by atoms with Crippen LogP contribution in [-0.4, -0.2) is 79.6 Å². The van der Waals surface area contributed by atoms with Crippen LogP contribution in [0.5, 0.6) is 5.75 Å². The lowest BCUT2D eigenvalue weighted by Gasteiger charge is -2.45. The number of rotatable bonds is 12. The molecule has 10 heteroatoms. The molecule has 2 aliphatic carbocycles. The van der Waals surface area contributed by atoms with E-state index in [0.29, 0.717) is 30.6 Å². The monoisotopic (exact) mass is 699 g/mol. The highest BCUT2D eigenvalue weighted by molar-refractivity contribution is 7.84. The van der Waals surface area contributed by atoms with Crippen LogP contribution in [0.3, 0.4) is 0 Å². The summed E-state index contributed by atoms with van der Waals surface area (Å²) in [5.41, 5.74) is 3.87. The molecule has 1 saturated heterocycles. The average Bonchev–Trinajstić information content (AvgIpc) is 3.43. The van der Waals surface area contributed by atoms with E-state index in [1.807, 2.05) is 25.1 Å². The molecular formula is C38H54ClN3O5S. The number of amides is 1. The second-order valence-electron chi connectivity index (χ2n) is 15.1. The minimum atomic E-state index is -1.47. The number of hydrogen-bond acceptors (Lipinski definition) is 7. The Morgan fingerprint density at radius 3 is 2.73 bits per heavy atom. The van der Waals surface area contributed by atoms with Gasteiger partial charge in [0.1, 0.15) is 16.7 Å².